The molecule has 0 bridgehead atoms. The van der Waals surface area contributed by atoms with Crippen LogP contribution in [0.25, 0.3) is 0 Å². The van der Waals surface area contributed by atoms with Crippen molar-refractivity contribution in [3.63, 3.8) is 0 Å². The third kappa shape index (κ3) is 3.88. The number of aryl methyl sites for hydroxylation is 2. The Morgan fingerprint density at radius 2 is 1.80 bits per heavy atom. The van der Waals surface area contributed by atoms with Crippen LogP contribution in [0.3, 0.4) is 0 Å². The van der Waals surface area contributed by atoms with Gasteiger partial charge in [-0.1, -0.05) is 35.5 Å². The molecule has 0 aliphatic carbocycles. The Balaban J connectivity index is 1.40. The molecule has 1 saturated heterocycles. The highest BCUT2D eigenvalue weighted by molar-refractivity contribution is 7.89. The highest BCUT2D eigenvalue weighted by Crippen LogP contribution is 2.24. The van der Waals surface area contributed by atoms with E-state index in [-0.39, 0.29) is 29.7 Å². The summed E-state index contributed by atoms with van der Waals surface area (Å²) in [4.78, 5) is 14.6. The first-order valence-corrected chi connectivity index (χ1v) is 11.1. The van der Waals surface area contributed by atoms with Crippen molar-refractivity contribution in [2.45, 2.75) is 25.3 Å². The Hall–Kier alpha value is -2.98. The highest BCUT2D eigenvalue weighted by atomic mass is 32.2. The number of hydrogen-bond acceptors (Lipinski definition) is 6. The quantitative estimate of drug-likeness (QED) is 0.612. The standard InChI is InChI=1S/C20H23N5O4S/c1-15-19(16(2)29-22-15)30(27,28)25-10-8-23(9-11-25)20(26)18-12-21-24(14-18)13-17-6-4-3-5-7-17/h3-7,12,14H,8-11,13H2,1-2H3. The molecule has 9 nitrogen and oxygen atoms in total. The second kappa shape index (κ2) is 8.04. The fraction of sp³-hybridized carbons (Fsp3) is 0.350. The van der Waals surface area contributed by atoms with E-state index in [1.54, 1.807) is 35.8 Å². The molecule has 0 atom stereocenters. The van der Waals surface area contributed by atoms with Crippen LogP contribution in [0.2, 0.25) is 0 Å². The molecule has 0 unspecified atom stereocenters. The van der Waals surface area contributed by atoms with Crippen LogP contribution in [0.4, 0.5) is 0 Å². The number of benzene rings is 1. The highest BCUT2D eigenvalue weighted by Gasteiger charge is 2.34. The van der Waals surface area contributed by atoms with E-state index in [0.29, 0.717) is 30.9 Å². The smallest absolute Gasteiger partial charge is 0.257 e. The minimum Gasteiger partial charge on any atom is -0.360 e. The van der Waals surface area contributed by atoms with E-state index in [1.807, 2.05) is 30.3 Å². The molecule has 10 heteroatoms. The van der Waals surface area contributed by atoms with Crippen molar-refractivity contribution in [2.24, 2.45) is 0 Å². The molecule has 158 valence electrons. The summed E-state index contributed by atoms with van der Waals surface area (Å²) in [5, 5.41) is 8.02. The van der Waals surface area contributed by atoms with E-state index in [1.165, 1.54) is 4.31 Å². The molecule has 1 aliphatic rings. The Morgan fingerprint density at radius 3 is 2.43 bits per heavy atom. The molecule has 0 saturated carbocycles. The summed E-state index contributed by atoms with van der Waals surface area (Å²) in [6.45, 7) is 4.83. The maximum absolute atomic E-state index is 12.9. The molecule has 1 amide bonds. The van der Waals surface area contributed by atoms with E-state index < -0.39 is 10.0 Å². The monoisotopic (exact) mass is 429 g/mol. The Labute approximate surface area is 174 Å². The van der Waals surface area contributed by atoms with Gasteiger partial charge in [0.1, 0.15) is 10.6 Å². The van der Waals surface area contributed by atoms with Crippen molar-refractivity contribution >= 4 is 15.9 Å². The molecule has 2 aromatic heterocycles. The van der Waals surface area contributed by atoms with Gasteiger partial charge in [-0.25, -0.2) is 8.42 Å². The van der Waals surface area contributed by atoms with Crippen molar-refractivity contribution in [3.8, 4) is 0 Å². The van der Waals surface area contributed by atoms with Gasteiger partial charge >= 0.3 is 0 Å². The molecule has 1 aliphatic heterocycles. The van der Waals surface area contributed by atoms with E-state index in [4.69, 9.17) is 4.52 Å². The lowest BCUT2D eigenvalue weighted by molar-refractivity contribution is 0.0697. The molecule has 4 rings (SSSR count). The topological polar surface area (TPSA) is 102 Å². The molecular formula is C20H23N5O4S. The van der Waals surface area contributed by atoms with E-state index >= 15 is 0 Å². The predicted octanol–water partition coefficient (Wildman–Crippen LogP) is 1.68. The maximum Gasteiger partial charge on any atom is 0.257 e. The summed E-state index contributed by atoms with van der Waals surface area (Å²) in [6, 6.07) is 9.87. The SMILES string of the molecule is Cc1noc(C)c1S(=O)(=O)N1CCN(C(=O)c2cnn(Cc3ccccc3)c2)CC1. The molecule has 3 aromatic rings. The number of sulfonamides is 1. The average molecular weight is 430 g/mol. The Kier molecular flexibility index (Phi) is 5.44. The van der Waals surface area contributed by atoms with Crippen molar-refractivity contribution in [1.82, 2.24) is 24.1 Å². The number of carbonyl (C=O) groups is 1. The number of carbonyl (C=O) groups excluding carboxylic acids is 1. The van der Waals surface area contributed by atoms with Crippen LogP contribution in [0.15, 0.2) is 52.1 Å². The summed E-state index contributed by atoms with van der Waals surface area (Å²) in [7, 11) is -3.70. The summed E-state index contributed by atoms with van der Waals surface area (Å²) >= 11 is 0. The van der Waals surface area contributed by atoms with Crippen LogP contribution in [0.5, 0.6) is 0 Å². The van der Waals surface area contributed by atoms with Gasteiger partial charge in [0.05, 0.1) is 18.3 Å². The summed E-state index contributed by atoms with van der Waals surface area (Å²) in [5.41, 5.74) is 1.93. The number of amides is 1. The zero-order valence-electron chi connectivity index (χ0n) is 16.9. The molecular weight excluding hydrogens is 406 g/mol. The van der Waals surface area contributed by atoms with Crippen LogP contribution in [0, 0.1) is 13.8 Å². The van der Waals surface area contributed by atoms with Crippen molar-refractivity contribution in [3.05, 3.63) is 65.3 Å². The fourth-order valence-electron chi connectivity index (χ4n) is 3.62. The summed E-state index contributed by atoms with van der Waals surface area (Å²) < 4.78 is 34.0. The molecule has 0 N–H and O–H groups in total. The van der Waals surface area contributed by atoms with E-state index in [0.717, 1.165) is 5.56 Å². The number of aromatic nitrogens is 3. The third-order valence-corrected chi connectivity index (χ3v) is 7.30. The first-order chi connectivity index (χ1) is 14.4. The number of hydrogen-bond donors (Lipinski definition) is 0. The zero-order chi connectivity index (χ0) is 21.3. The second-order valence-corrected chi connectivity index (χ2v) is 9.14. The first-order valence-electron chi connectivity index (χ1n) is 9.65. The second-order valence-electron chi connectivity index (χ2n) is 7.26. The molecule has 0 spiro atoms. The summed E-state index contributed by atoms with van der Waals surface area (Å²) in [5.74, 6) is 0.125. The normalized spacial score (nSPS) is 15.5. The molecule has 30 heavy (non-hydrogen) atoms. The fourth-order valence-corrected chi connectivity index (χ4v) is 5.33. The minimum absolute atomic E-state index is 0.115. The largest absolute Gasteiger partial charge is 0.360 e. The minimum atomic E-state index is -3.70. The summed E-state index contributed by atoms with van der Waals surface area (Å²) in [6.07, 6.45) is 3.28. The van der Waals surface area contributed by atoms with Crippen molar-refractivity contribution in [2.75, 3.05) is 26.2 Å². The number of piperazine rings is 1. The lowest BCUT2D eigenvalue weighted by Crippen LogP contribution is -2.50. The number of rotatable bonds is 5. The van der Waals surface area contributed by atoms with Crippen LogP contribution < -0.4 is 0 Å². The van der Waals surface area contributed by atoms with Gasteiger partial charge in [0.15, 0.2) is 5.76 Å². The maximum atomic E-state index is 12.9. The van der Waals surface area contributed by atoms with Gasteiger partial charge in [0.2, 0.25) is 10.0 Å². The van der Waals surface area contributed by atoms with Crippen LogP contribution >= 0.6 is 0 Å². The van der Waals surface area contributed by atoms with Gasteiger partial charge in [-0.15, -0.1) is 0 Å². The predicted molar refractivity (Wildman–Crippen MR) is 108 cm³/mol. The van der Waals surface area contributed by atoms with Gasteiger partial charge in [0, 0.05) is 32.4 Å². The van der Waals surface area contributed by atoms with Crippen LogP contribution in [-0.4, -0.2) is 64.6 Å². The lowest BCUT2D eigenvalue weighted by Gasteiger charge is -2.33. The Bertz CT molecular complexity index is 1130. The van der Waals surface area contributed by atoms with Crippen LogP contribution in [0.1, 0.15) is 27.4 Å². The molecule has 0 radical (unpaired) electrons. The average Bonchev–Trinajstić information content (AvgIpc) is 3.34. The van der Waals surface area contributed by atoms with Crippen molar-refractivity contribution in [1.29, 1.82) is 0 Å². The van der Waals surface area contributed by atoms with Gasteiger partial charge in [-0.05, 0) is 19.4 Å². The zero-order valence-corrected chi connectivity index (χ0v) is 17.7. The van der Waals surface area contributed by atoms with E-state index in [2.05, 4.69) is 10.3 Å². The first kappa shape index (κ1) is 20.3. The Morgan fingerprint density at radius 1 is 1.10 bits per heavy atom. The van der Waals surface area contributed by atoms with Crippen LogP contribution in [-0.2, 0) is 16.6 Å². The van der Waals surface area contributed by atoms with Gasteiger partial charge < -0.3 is 9.42 Å². The van der Waals surface area contributed by atoms with Gasteiger partial charge in [0.25, 0.3) is 5.91 Å². The van der Waals surface area contributed by atoms with E-state index in [9.17, 15) is 13.2 Å². The number of nitrogens with zero attached hydrogens (tertiary/aromatic N) is 5. The lowest BCUT2D eigenvalue weighted by atomic mass is 10.2. The molecule has 1 fully saturated rings. The third-order valence-electron chi connectivity index (χ3n) is 5.16. The van der Waals surface area contributed by atoms with Crippen molar-refractivity contribution < 1.29 is 17.7 Å². The van der Waals surface area contributed by atoms with Gasteiger partial charge in [-0.3, -0.25) is 9.48 Å². The van der Waals surface area contributed by atoms with Gasteiger partial charge in [-0.2, -0.15) is 9.40 Å². The molecule has 3 heterocycles. The molecule has 1 aromatic carbocycles.